The molecular formula is C9H16BrF. The molecule has 0 bridgehead atoms. The van der Waals surface area contributed by atoms with Gasteiger partial charge in [-0.3, -0.25) is 0 Å². The molecule has 2 unspecified atom stereocenters. The minimum Gasteiger partial charge on any atom is -0.231 e. The maximum absolute atomic E-state index is 12.9. The first-order chi connectivity index (χ1) is 5.17. The van der Waals surface area contributed by atoms with Gasteiger partial charge < -0.3 is 0 Å². The summed E-state index contributed by atoms with van der Waals surface area (Å²) in [6, 6.07) is 0. The van der Waals surface area contributed by atoms with Crippen molar-refractivity contribution in [2.45, 2.75) is 50.0 Å². The zero-order valence-corrected chi connectivity index (χ0v) is 8.66. The van der Waals surface area contributed by atoms with E-state index in [-0.39, 0.29) is 0 Å². The molecular weight excluding hydrogens is 207 g/mol. The quantitative estimate of drug-likeness (QED) is 0.487. The van der Waals surface area contributed by atoms with Crippen molar-refractivity contribution in [2.24, 2.45) is 5.92 Å². The smallest absolute Gasteiger partial charge is 0.168 e. The van der Waals surface area contributed by atoms with Crippen molar-refractivity contribution in [1.82, 2.24) is 0 Å². The van der Waals surface area contributed by atoms with E-state index < -0.39 is 4.58 Å². The van der Waals surface area contributed by atoms with Gasteiger partial charge in [0, 0.05) is 5.92 Å². The molecule has 0 aromatic rings. The third-order valence-corrected chi connectivity index (χ3v) is 3.33. The van der Waals surface area contributed by atoms with Crippen LogP contribution in [0.1, 0.15) is 45.4 Å². The largest absolute Gasteiger partial charge is 0.231 e. The van der Waals surface area contributed by atoms with Gasteiger partial charge in [0.2, 0.25) is 0 Å². The second-order valence-electron chi connectivity index (χ2n) is 3.51. The van der Waals surface area contributed by atoms with Crippen LogP contribution in [0.3, 0.4) is 0 Å². The zero-order chi connectivity index (χ0) is 8.32. The van der Waals surface area contributed by atoms with Crippen LogP contribution in [0.25, 0.3) is 0 Å². The van der Waals surface area contributed by atoms with E-state index in [0.717, 1.165) is 12.8 Å². The minimum atomic E-state index is -0.973. The Balaban J connectivity index is 1.90. The molecule has 1 aliphatic carbocycles. The number of alkyl halides is 2. The molecule has 0 N–H and O–H groups in total. The van der Waals surface area contributed by atoms with Crippen LogP contribution in [0, 0.1) is 5.92 Å². The second kappa shape index (κ2) is 3.88. The summed E-state index contributed by atoms with van der Waals surface area (Å²) in [6.07, 6.45) is 6.85. The average molecular weight is 223 g/mol. The average Bonchev–Trinajstić information content (AvgIpc) is 2.52. The molecule has 1 aliphatic rings. The lowest BCUT2D eigenvalue weighted by Crippen LogP contribution is -1.90. The molecule has 0 nitrogen and oxygen atoms in total. The van der Waals surface area contributed by atoms with Crippen molar-refractivity contribution in [2.75, 3.05) is 0 Å². The molecule has 0 heterocycles. The van der Waals surface area contributed by atoms with Crippen molar-refractivity contribution in [3.63, 3.8) is 0 Å². The highest BCUT2D eigenvalue weighted by atomic mass is 79.9. The van der Waals surface area contributed by atoms with Gasteiger partial charge in [0.15, 0.2) is 4.58 Å². The van der Waals surface area contributed by atoms with Crippen LogP contribution < -0.4 is 0 Å². The van der Waals surface area contributed by atoms with E-state index in [1.165, 1.54) is 25.7 Å². The third kappa shape index (κ3) is 3.10. The molecule has 0 aromatic heterocycles. The predicted molar refractivity (Wildman–Crippen MR) is 49.6 cm³/mol. The Bertz CT molecular complexity index is 123. The van der Waals surface area contributed by atoms with Crippen molar-refractivity contribution in [1.29, 1.82) is 0 Å². The number of halogens is 2. The Morgan fingerprint density at radius 1 is 1.45 bits per heavy atom. The first-order valence-corrected chi connectivity index (χ1v) is 5.34. The zero-order valence-electron chi connectivity index (χ0n) is 7.08. The van der Waals surface area contributed by atoms with Gasteiger partial charge in [0.25, 0.3) is 0 Å². The molecule has 66 valence electrons. The molecule has 2 atom stereocenters. The molecule has 0 saturated heterocycles. The summed E-state index contributed by atoms with van der Waals surface area (Å²) in [6.45, 7) is 2.20. The van der Waals surface area contributed by atoms with Crippen LogP contribution in [0.2, 0.25) is 0 Å². The molecule has 1 fully saturated rings. The maximum atomic E-state index is 12.9. The van der Waals surface area contributed by atoms with Gasteiger partial charge in [-0.15, -0.1) is 0 Å². The number of hydrogen-bond acceptors (Lipinski definition) is 0. The Hall–Kier alpha value is 0.410. The molecule has 0 aliphatic heterocycles. The third-order valence-electron chi connectivity index (χ3n) is 2.36. The van der Waals surface area contributed by atoms with Gasteiger partial charge in [-0.2, -0.15) is 0 Å². The van der Waals surface area contributed by atoms with Crippen LogP contribution in [0.15, 0.2) is 0 Å². The summed E-state index contributed by atoms with van der Waals surface area (Å²) in [5.41, 5.74) is 0. The lowest BCUT2D eigenvalue weighted by atomic mass is 10.1. The number of rotatable bonds is 5. The lowest BCUT2D eigenvalue weighted by Gasteiger charge is -1.98. The van der Waals surface area contributed by atoms with Gasteiger partial charge in [-0.1, -0.05) is 32.6 Å². The lowest BCUT2D eigenvalue weighted by molar-refractivity contribution is 0.400. The topological polar surface area (TPSA) is 0 Å². The standard InChI is InChI=1S/C9H16BrF/c1-2-3-4-5-6-8-7-9(8,10)11/h8H,2-7H2,1H3. The first kappa shape index (κ1) is 9.50. The van der Waals surface area contributed by atoms with E-state index in [1.54, 1.807) is 0 Å². The molecule has 0 amide bonds. The van der Waals surface area contributed by atoms with E-state index in [4.69, 9.17) is 0 Å². The van der Waals surface area contributed by atoms with Crippen LogP contribution in [-0.2, 0) is 0 Å². The normalized spacial score (nSPS) is 35.7. The van der Waals surface area contributed by atoms with E-state index in [2.05, 4.69) is 22.9 Å². The summed E-state index contributed by atoms with van der Waals surface area (Å²) in [7, 11) is 0. The Labute approximate surface area is 76.7 Å². The van der Waals surface area contributed by atoms with Crippen LogP contribution in [0.4, 0.5) is 4.39 Å². The summed E-state index contributed by atoms with van der Waals surface area (Å²) in [5.74, 6) is 0.319. The number of hydrogen-bond donors (Lipinski definition) is 0. The highest BCUT2D eigenvalue weighted by molar-refractivity contribution is 9.10. The van der Waals surface area contributed by atoms with Crippen molar-refractivity contribution in [3.8, 4) is 0 Å². The summed E-state index contributed by atoms with van der Waals surface area (Å²) < 4.78 is 11.9. The Kier molecular flexibility index (Phi) is 3.35. The van der Waals surface area contributed by atoms with Gasteiger partial charge in [0.05, 0.1) is 0 Å². The fraction of sp³-hybridized carbons (Fsp3) is 1.00. The molecule has 2 heteroatoms. The molecule has 0 aromatic carbocycles. The van der Waals surface area contributed by atoms with E-state index >= 15 is 0 Å². The Morgan fingerprint density at radius 3 is 2.55 bits per heavy atom. The molecule has 1 saturated carbocycles. The predicted octanol–water partition coefficient (Wildman–Crippen LogP) is 4.04. The van der Waals surface area contributed by atoms with E-state index in [1.807, 2.05) is 0 Å². The van der Waals surface area contributed by atoms with Crippen LogP contribution in [-0.4, -0.2) is 4.58 Å². The number of unbranched alkanes of at least 4 members (excludes halogenated alkanes) is 3. The Morgan fingerprint density at radius 2 is 2.09 bits per heavy atom. The monoisotopic (exact) mass is 222 g/mol. The van der Waals surface area contributed by atoms with Crippen molar-refractivity contribution >= 4 is 15.9 Å². The van der Waals surface area contributed by atoms with Crippen molar-refractivity contribution < 1.29 is 4.39 Å². The van der Waals surface area contributed by atoms with Gasteiger partial charge in [-0.25, -0.2) is 4.39 Å². The summed E-state index contributed by atoms with van der Waals surface area (Å²) >= 11 is 3.06. The van der Waals surface area contributed by atoms with E-state index in [0.29, 0.717) is 5.92 Å². The van der Waals surface area contributed by atoms with Gasteiger partial charge in [0.1, 0.15) is 0 Å². The maximum Gasteiger partial charge on any atom is 0.168 e. The molecule has 0 radical (unpaired) electrons. The van der Waals surface area contributed by atoms with Gasteiger partial charge in [-0.05, 0) is 28.8 Å². The van der Waals surface area contributed by atoms with Crippen LogP contribution in [0.5, 0.6) is 0 Å². The second-order valence-corrected chi connectivity index (χ2v) is 4.83. The van der Waals surface area contributed by atoms with E-state index in [9.17, 15) is 4.39 Å². The highest BCUT2D eigenvalue weighted by Crippen LogP contribution is 2.54. The summed E-state index contributed by atoms with van der Waals surface area (Å²) in [4.78, 5) is 0. The van der Waals surface area contributed by atoms with Gasteiger partial charge >= 0.3 is 0 Å². The highest BCUT2D eigenvalue weighted by Gasteiger charge is 2.52. The molecule has 0 spiro atoms. The SMILES string of the molecule is CCCCCCC1CC1(F)Br. The fourth-order valence-corrected chi connectivity index (χ4v) is 2.02. The first-order valence-electron chi connectivity index (χ1n) is 4.54. The summed E-state index contributed by atoms with van der Waals surface area (Å²) in [5, 5.41) is 0. The minimum absolute atomic E-state index is 0.319. The molecule has 11 heavy (non-hydrogen) atoms. The fourth-order valence-electron chi connectivity index (χ4n) is 1.40. The van der Waals surface area contributed by atoms with Crippen molar-refractivity contribution in [3.05, 3.63) is 0 Å². The molecule has 1 rings (SSSR count). The van der Waals surface area contributed by atoms with Crippen LogP contribution >= 0.6 is 15.9 Å².